The number of carbonyl (C=O) groups excluding carboxylic acids is 1. The molecule has 0 spiro atoms. The molecule has 1 unspecified atom stereocenters. The van der Waals surface area contributed by atoms with Crippen LogP contribution >= 0.6 is 22.9 Å². The average molecular weight is 447 g/mol. The number of halogens is 1. The Kier molecular flexibility index (Phi) is 5.48. The Hall–Kier alpha value is -2.91. The van der Waals surface area contributed by atoms with Crippen LogP contribution in [0.15, 0.2) is 30.3 Å². The molecule has 1 aromatic heterocycles. The third-order valence-electron chi connectivity index (χ3n) is 5.07. The molecule has 1 atom stereocenters. The highest BCUT2D eigenvalue weighted by Gasteiger charge is 2.34. The molecule has 3 aromatic rings. The molecule has 0 saturated carbocycles. The summed E-state index contributed by atoms with van der Waals surface area (Å²) in [5.41, 5.74) is 1.66. The Morgan fingerprint density at radius 3 is 2.93 bits per heavy atom. The summed E-state index contributed by atoms with van der Waals surface area (Å²) in [5.74, 6) is 0.423. The molecule has 0 radical (unpaired) electrons. The fourth-order valence-corrected chi connectivity index (χ4v) is 4.91. The van der Waals surface area contributed by atoms with E-state index in [2.05, 4.69) is 10.3 Å². The number of rotatable bonds is 5. The molecule has 1 aliphatic heterocycles. The lowest BCUT2D eigenvalue weighted by Gasteiger charge is -2.23. The minimum Gasteiger partial charge on any atom is -0.495 e. The minimum absolute atomic E-state index is 0.0478. The first kappa shape index (κ1) is 20.4. The van der Waals surface area contributed by atoms with Gasteiger partial charge < -0.3 is 15.0 Å². The quantitative estimate of drug-likeness (QED) is 0.447. The van der Waals surface area contributed by atoms with Crippen molar-refractivity contribution >= 4 is 55.6 Å². The van der Waals surface area contributed by atoms with Crippen molar-refractivity contribution in [3.05, 3.63) is 51.0 Å². The van der Waals surface area contributed by atoms with Crippen LogP contribution in [-0.4, -0.2) is 35.5 Å². The average Bonchev–Trinajstić information content (AvgIpc) is 3.34. The maximum atomic E-state index is 13.1. The van der Waals surface area contributed by atoms with E-state index in [1.54, 1.807) is 13.2 Å². The van der Waals surface area contributed by atoms with E-state index in [1.807, 2.05) is 30.0 Å². The summed E-state index contributed by atoms with van der Waals surface area (Å²) in [4.78, 5) is 30.3. The molecule has 1 amide bonds. The molecule has 1 saturated heterocycles. The molecule has 0 aliphatic carbocycles. The number of ether oxygens (including phenoxy) is 1. The van der Waals surface area contributed by atoms with Crippen LogP contribution in [0.4, 0.5) is 16.5 Å². The number of hydrogen-bond acceptors (Lipinski definition) is 7. The zero-order chi connectivity index (χ0) is 21.4. The zero-order valence-corrected chi connectivity index (χ0v) is 17.9. The van der Waals surface area contributed by atoms with Crippen LogP contribution in [0.25, 0.3) is 10.2 Å². The number of nitrogens with one attached hydrogen (secondary N) is 1. The van der Waals surface area contributed by atoms with Crippen molar-refractivity contribution in [3.8, 4) is 5.75 Å². The van der Waals surface area contributed by atoms with E-state index in [1.165, 1.54) is 17.4 Å². The van der Waals surface area contributed by atoms with E-state index in [4.69, 9.17) is 16.3 Å². The standard InChI is InChI=1S/C20H19ClN4O4S/c1-11-5-7-15(29-2)13(10-11)22-19(26)14-4-3-9-24(14)20-23-17-16(30-20)8-6-12(21)18(17)25(27)28/h5-8,10,14H,3-4,9H2,1-2H3,(H,22,26). The molecular weight excluding hydrogens is 428 g/mol. The molecule has 30 heavy (non-hydrogen) atoms. The predicted octanol–water partition coefficient (Wildman–Crippen LogP) is 4.78. The van der Waals surface area contributed by atoms with Crippen molar-refractivity contribution < 1.29 is 14.5 Å². The van der Waals surface area contributed by atoms with E-state index >= 15 is 0 Å². The third-order valence-corrected chi connectivity index (χ3v) is 6.43. The van der Waals surface area contributed by atoms with Gasteiger partial charge in [-0.25, -0.2) is 4.98 Å². The number of benzene rings is 2. The van der Waals surface area contributed by atoms with Crippen molar-refractivity contribution in [1.82, 2.24) is 4.98 Å². The Bertz CT molecular complexity index is 1150. The second-order valence-electron chi connectivity index (χ2n) is 7.04. The number of hydrogen-bond donors (Lipinski definition) is 1. The van der Waals surface area contributed by atoms with Gasteiger partial charge in [-0.3, -0.25) is 14.9 Å². The lowest BCUT2D eigenvalue weighted by molar-refractivity contribution is -0.383. The molecule has 8 nitrogen and oxygen atoms in total. The predicted molar refractivity (Wildman–Crippen MR) is 118 cm³/mol. The minimum atomic E-state index is -0.521. The van der Waals surface area contributed by atoms with Gasteiger partial charge in [-0.05, 0) is 49.6 Å². The van der Waals surface area contributed by atoms with E-state index in [-0.39, 0.29) is 22.1 Å². The SMILES string of the molecule is COc1ccc(C)cc1NC(=O)C1CCCN1c1nc2c([N+](=O)[O-])c(Cl)ccc2s1. The second-order valence-corrected chi connectivity index (χ2v) is 8.46. The molecular formula is C20H19ClN4O4S. The number of nitrogens with zero attached hydrogens (tertiary/aromatic N) is 3. The van der Waals surface area contributed by atoms with Crippen LogP contribution in [0.5, 0.6) is 5.75 Å². The van der Waals surface area contributed by atoms with Crippen molar-refractivity contribution in [3.63, 3.8) is 0 Å². The van der Waals surface area contributed by atoms with Gasteiger partial charge in [0.1, 0.15) is 16.8 Å². The van der Waals surface area contributed by atoms with Crippen molar-refractivity contribution in [2.75, 3.05) is 23.9 Å². The fraction of sp³-hybridized carbons (Fsp3) is 0.300. The number of thiazole rings is 1. The van der Waals surface area contributed by atoms with Gasteiger partial charge in [-0.2, -0.15) is 0 Å². The van der Waals surface area contributed by atoms with Crippen molar-refractivity contribution in [2.45, 2.75) is 25.8 Å². The molecule has 156 valence electrons. The molecule has 2 heterocycles. The van der Waals surface area contributed by atoms with Crippen LogP contribution in [-0.2, 0) is 4.79 Å². The summed E-state index contributed by atoms with van der Waals surface area (Å²) < 4.78 is 6.01. The maximum Gasteiger partial charge on any atom is 0.314 e. The van der Waals surface area contributed by atoms with Gasteiger partial charge in [0.15, 0.2) is 10.6 Å². The van der Waals surface area contributed by atoms with Gasteiger partial charge in [0.25, 0.3) is 0 Å². The Balaban J connectivity index is 1.64. The summed E-state index contributed by atoms with van der Waals surface area (Å²) >= 11 is 7.33. The summed E-state index contributed by atoms with van der Waals surface area (Å²) in [6, 6.07) is 8.38. The summed E-state index contributed by atoms with van der Waals surface area (Å²) in [7, 11) is 1.56. The number of amides is 1. The molecule has 0 bridgehead atoms. The molecule has 1 N–H and O–H groups in total. The second kappa shape index (κ2) is 8.08. The molecule has 10 heteroatoms. The maximum absolute atomic E-state index is 13.1. The number of nitro groups is 1. The fourth-order valence-electron chi connectivity index (χ4n) is 3.64. The normalized spacial score (nSPS) is 16.1. The number of anilines is 2. The highest BCUT2D eigenvalue weighted by Crippen LogP contribution is 2.40. The van der Waals surface area contributed by atoms with Gasteiger partial charge >= 0.3 is 5.69 Å². The number of aryl methyl sites for hydroxylation is 1. The Morgan fingerprint density at radius 2 is 2.20 bits per heavy atom. The first-order valence-electron chi connectivity index (χ1n) is 9.34. The molecule has 1 aliphatic rings. The molecule has 4 rings (SSSR count). The van der Waals surface area contributed by atoms with Gasteiger partial charge in [0.05, 0.1) is 22.4 Å². The summed E-state index contributed by atoms with van der Waals surface area (Å²) in [6.07, 6.45) is 1.49. The van der Waals surface area contributed by atoms with Crippen molar-refractivity contribution in [2.24, 2.45) is 0 Å². The third kappa shape index (κ3) is 3.66. The van der Waals surface area contributed by atoms with Gasteiger partial charge in [-0.1, -0.05) is 29.0 Å². The lowest BCUT2D eigenvalue weighted by Crippen LogP contribution is -2.39. The van der Waals surface area contributed by atoms with Crippen LogP contribution < -0.4 is 15.0 Å². The van der Waals surface area contributed by atoms with E-state index in [0.29, 0.717) is 34.2 Å². The summed E-state index contributed by atoms with van der Waals surface area (Å²) in [5, 5.41) is 15.0. The highest BCUT2D eigenvalue weighted by atomic mass is 35.5. The largest absolute Gasteiger partial charge is 0.495 e. The smallest absolute Gasteiger partial charge is 0.314 e. The first-order chi connectivity index (χ1) is 14.4. The Morgan fingerprint density at radius 1 is 1.40 bits per heavy atom. The number of nitro benzene ring substituents is 1. The van der Waals surface area contributed by atoms with Crippen LogP contribution in [0.1, 0.15) is 18.4 Å². The van der Waals surface area contributed by atoms with Gasteiger partial charge in [0.2, 0.25) is 5.91 Å². The van der Waals surface area contributed by atoms with Crippen molar-refractivity contribution in [1.29, 1.82) is 0 Å². The first-order valence-corrected chi connectivity index (χ1v) is 10.5. The van der Waals surface area contributed by atoms with E-state index in [9.17, 15) is 14.9 Å². The number of methoxy groups -OCH3 is 1. The van der Waals surface area contributed by atoms with Gasteiger partial charge in [-0.15, -0.1) is 0 Å². The van der Waals surface area contributed by atoms with Crippen LogP contribution in [0.3, 0.4) is 0 Å². The molecule has 1 fully saturated rings. The topological polar surface area (TPSA) is 97.6 Å². The van der Waals surface area contributed by atoms with E-state index in [0.717, 1.165) is 12.0 Å². The number of fused-ring (bicyclic) bond motifs is 1. The van der Waals surface area contributed by atoms with Crippen LogP contribution in [0, 0.1) is 17.0 Å². The monoisotopic (exact) mass is 446 g/mol. The van der Waals surface area contributed by atoms with Crippen LogP contribution in [0.2, 0.25) is 5.02 Å². The highest BCUT2D eigenvalue weighted by molar-refractivity contribution is 7.22. The number of carbonyl (C=O) groups is 1. The number of aromatic nitrogens is 1. The summed E-state index contributed by atoms with van der Waals surface area (Å²) in [6.45, 7) is 2.58. The zero-order valence-electron chi connectivity index (χ0n) is 16.3. The Labute approximate surface area is 181 Å². The van der Waals surface area contributed by atoms with E-state index < -0.39 is 11.0 Å². The van der Waals surface area contributed by atoms with Gasteiger partial charge in [0, 0.05) is 6.54 Å². The lowest BCUT2D eigenvalue weighted by atomic mass is 10.1. The molecule has 2 aromatic carbocycles.